The molecule has 21 heavy (non-hydrogen) atoms. The lowest BCUT2D eigenvalue weighted by atomic mass is 10.0. The van der Waals surface area contributed by atoms with E-state index in [1.807, 2.05) is 0 Å². The van der Waals surface area contributed by atoms with Gasteiger partial charge >= 0.3 is 0 Å². The highest BCUT2D eigenvalue weighted by atomic mass is 15.2. The van der Waals surface area contributed by atoms with E-state index >= 15 is 0 Å². The highest BCUT2D eigenvalue weighted by molar-refractivity contribution is 5.77. The van der Waals surface area contributed by atoms with Crippen LogP contribution in [0.4, 0.5) is 0 Å². The summed E-state index contributed by atoms with van der Waals surface area (Å²) >= 11 is 0. The van der Waals surface area contributed by atoms with Crippen molar-refractivity contribution in [1.82, 2.24) is 4.57 Å². The summed E-state index contributed by atoms with van der Waals surface area (Å²) in [5, 5.41) is 0. The first kappa shape index (κ1) is 13.9. The molecule has 2 aromatic carbocycles. The molecular weight excluding hydrogens is 256 g/mol. The zero-order valence-corrected chi connectivity index (χ0v) is 13.5. The molecule has 2 heteroatoms. The van der Waals surface area contributed by atoms with Crippen molar-refractivity contribution in [3.8, 4) is 11.4 Å². The van der Waals surface area contributed by atoms with Gasteiger partial charge in [-0.25, -0.2) is 9.13 Å². The van der Waals surface area contributed by atoms with Gasteiger partial charge in [-0.1, -0.05) is 30.3 Å². The summed E-state index contributed by atoms with van der Waals surface area (Å²) in [6.07, 6.45) is 0. The molecule has 0 spiro atoms. The van der Waals surface area contributed by atoms with Crippen molar-refractivity contribution >= 4 is 11.0 Å². The average molecular weight is 279 g/mol. The summed E-state index contributed by atoms with van der Waals surface area (Å²) in [6, 6.07) is 17.2. The zero-order chi connectivity index (χ0) is 15.2. The molecule has 0 amide bonds. The molecule has 3 rings (SSSR count). The third kappa shape index (κ3) is 2.15. The number of benzene rings is 2. The molecule has 0 aliphatic rings. The largest absolute Gasteiger partial charge is 0.290 e. The van der Waals surface area contributed by atoms with Gasteiger partial charge in [0, 0.05) is 0 Å². The van der Waals surface area contributed by atoms with Crippen LogP contribution >= 0.6 is 0 Å². The predicted molar refractivity (Wildman–Crippen MR) is 88.3 cm³/mol. The molecule has 0 saturated heterocycles. The first-order chi connectivity index (χ1) is 9.91. The molecule has 0 saturated carbocycles. The van der Waals surface area contributed by atoms with Crippen molar-refractivity contribution in [3.63, 3.8) is 0 Å². The van der Waals surface area contributed by atoms with E-state index in [1.54, 1.807) is 0 Å². The van der Waals surface area contributed by atoms with Crippen molar-refractivity contribution in [3.05, 3.63) is 54.1 Å². The van der Waals surface area contributed by atoms with Gasteiger partial charge in [0.05, 0.1) is 12.6 Å². The van der Waals surface area contributed by atoms with Crippen LogP contribution in [0.25, 0.3) is 22.4 Å². The highest BCUT2D eigenvalue weighted by Gasteiger charge is 2.32. The van der Waals surface area contributed by atoms with Crippen LogP contribution in [0.2, 0.25) is 0 Å². The van der Waals surface area contributed by atoms with Crippen molar-refractivity contribution in [1.29, 1.82) is 0 Å². The van der Waals surface area contributed by atoms with Gasteiger partial charge in [-0.2, -0.15) is 0 Å². The maximum atomic E-state index is 2.45. The molecule has 3 aromatic rings. The topological polar surface area (TPSA) is 8.81 Å². The number of rotatable bonds is 1. The highest BCUT2D eigenvalue weighted by Crippen LogP contribution is 2.30. The Morgan fingerprint density at radius 1 is 0.905 bits per heavy atom. The number of hydrogen-bond acceptors (Lipinski definition) is 0. The summed E-state index contributed by atoms with van der Waals surface area (Å²) in [6.45, 7) is 8.98. The summed E-state index contributed by atoms with van der Waals surface area (Å²) < 4.78 is 4.76. The van der Waals surface area contributed by atoms with Crippen molar-refractivity contribution in [2.24, 2.45) is 7.05 Å². The van der Waals surface area contributed by atoms with Crippen LogP contribution in [0.5, 0.6) is 0 Å². The van der Waals surface area contributed by atoms with Crippen LogP contribution in [-0.2, 0) is 12.6 Å². The zero-order valence-electron chi connectivity index (χ0n) is 13.5. The molecule has 0 atom stereocenters. The molecule has 0 radical (unpaired) electrons. The van der Waals surface area contributed by atoms with Crippen LogP contribution in [0.3, 0.4) is 0 Å². The fraction of sp³-hybridized carbons (Fsp3) is 0.316. The smallest absolute Gasteiger partial charge is 0.226 e. The van der Waals surface area contributed by atoms with Gasteiger partial charge in [-0.15, -0.1) is 0 Å². The Bertz CT molecular complexity index is 804. The molecule has 0 unspecified atom stereocenters. The van der Waals surface area contributed by atoms with Crippen molar-refractivity contribution < 1.29 is 4.57 Å². The summed E-state index contributed by atoms with van der Waals surface area (Å²) in [7, 11) is 2.16. The van der Waals surface area contributed by atoms with Gasteiger partial charge in [0.1, 0.15) is 5.54 Å². The maximum Gasteiger partial charge on any atom is 0.290 e. The second-order valence-corrected chi connectivity index (χ2v) is 6.69. The quantitative estimate of drug-likeness (QED) is 0.590. The van der Waals surface area contributed by atoms with E-state index in [9.17, 15) is 0 Å². The molecular formula is C19H23N2+. The van der Waals surface area contributed by atoms with E-state index in [-0.39, 0.29) is 5.54 Å². The Morgan fingerprint density at radius 2 is 1.52 bits per heavy atom. The normalized spacial score (nSPS) is 12.0. The second-order valence-electron chi connectivity index (χ2n) is 6.69. The van der Waals surface area contributed by atoms with Crippen LogP contribution in [0.1, 0.15) is 26.3 Å². The minimum Gasteiger partial charge on any atom is -0.226 e. The number of hydrogen-bond donors (Lipinski definition) is 0. The molecule has 1 heterocycles. The summed E-state index contributed by atoms with van der Waals surface area (Å²) in [4.78, 5) is 0. The Kier molecular flexibility index (Phi) is 3.12. The van der Waals surface area contributed by atoms with Crippen LogP contribution < -0.4 is 4.57 Å². The Balaban J connectivity index is 2.48. The molecule has 2 nitrogen and oxygen atoms in total. The fourth-order valence-electron chi connectivity index (χ4n) is 3.12. The lowest BCUT2D eigenvalue weighted by molar-refractivity contribution is -0.634. The number of nitrogens with zero attached hydrogens (tertiary/aromatic N) is 2. The number of imidazole rings is 1. The first-order valence-corrected chi connectivity index (χ1v) is 7.47. The van der Waals surface area contributed by atoms with Gasteiger partial charge < -0.3 is 0 Å². The molecule has 108 valence electrons. The molecule has 0 bridgehead atoms. The Morgan fingerprint density at radius 3 is 2.19 bits per heavy atom. The van der Waals surface area contributed by atoms with Crippen molar-refractivity contribution in [2.75, 3.05) is 0 Å². The van der Waals surface area contributed by atoms with Gasteiger partial charge in [0.15, 0.2) is 11.0 Å². The molecule has 0 aliphatic carbocycles. The summed E-state index contributed by atoms with van der Waals surface area (Å²) in [5.41, 5.74) is 5.18. The van der Waals surface area contributed by atoms with E-state index in [2.05, 4.69) is 92.4 Å². The lowest BCUT2D eigenvalue weighted by Gasteiger charge is -2.18. The average Bonchev–Trinajstić information content (AvgIpc) is 2.73. The number of fused-ring (bicyclic) bond motifs is 1. The van der Waals surface area contributed by atoms with Gasteiger partial charge in [-0.3, -0.25) is 0 Å². The van der Waals surface area contributed by atoms with E-state index < -0.39 is 0 Å². The minimum absolute atomic E-state index is 0.0263. The molecule has 0 fully saturated rings. The summed E-state index contributed by atoms with van der Waals surface area (Å²) in [5.74, 6) is 1.27. The monoisotopic (exact) mass is 279 g/mol. The molecule has 0 aliphatic heterocycles. The third-order valence-corrected chi connectivity index (χ3v) is 4.07. The van der Waals surface area contributed by atoms with E-state index in [0.29, 0.717) is 0 Å². The lowest BCUT2D eigenvalue weighted by Crippen LogP contribution is -2.33. The molecule has 0 N–H and O–H groups in total. The second kappa shape index (κ2) is 4.73. The number of aromatic nitrogens is 2. The van der Waals surface area contributed by atoms with E-state index in [0.717, 1.165) is 0 Å². The number of aryl methyl sites for hydroxylation is 2. The Hall–Kier alpha value is -2.09. The van der Waals surface area contributed by atoms with Crippen LogP contribution in [-0.4, -0.2) is 4.57 Å². The number of para-hydroxylation sites is 2. The standard InChI is InChI=1S/C19H23N2/c1-14-10-6-7-11-15(14)18-20(5)16-12-8-9-13-17(16)21(18)19(2,3)4/h6-13H,1-5H3/q+1. The fourth-order valence-corrected chi connectivity index (χ4v) is 3.12. The minimum atomic E-state index is 0.0263. The van der Waals surface area contributed by atoms with E-state index in [4.69, 9.17) is 0 Å². The third-order valence-electron chi connectivity index (χ3n) is 4.07. The van der Waals surface area contributed by atoms with Crippen LogP contribution in [0, 0.1) is 6.92 Å². The predicted octanol–water partition coefficient (Wildman–Crippen LogP) is 4.20. The Labute approximate surface area is 126 Å². The van der Waals surface area contributed by atoms with Crippen molar-refractivity contribution in [2.45, 2.75) is 33.2 Å². The SMILES string of the molecule is Cc1ccccc1-c1n(C(C)(C)C)c2ccccc2[n+]1C. The van der Waals surface area contributed by atoms with Crippen LogP contribution in [0.15, 0.2) is 48.5 Å². The maximum absolute atomic E-state index is 2.45. The van der Waals surface area contributed by atoms with Gasteiger partial charge in [0.2, 0.25) is 0 Å². The molecule has 1 aromatic heterocycles. The first-order valence-electron chi connectivity index (χ1n) is 7.47. The van der Waals surface area contributed by atoms with Gasteiger partial charge in [-0.05, 0) is 51.5 Å². The van der Waals surface area contributed by atoms with E-state index in [1.165, 1.54) is 28.0 Å². The van der Waals surface area contributed by atoms with Gasteiger partial charge in [0.25, 0.3) is 5.82 Å².